The zero-order valence-electron chi connectivity index (χ0n) is 9.75. The molecule has 0 aliphatic rings. The van der Waals surface area contributed by atoms with E-state index in [-0.39, 0.29) is 12.4 Å². The second kappa shape index (κ2) is 8.58. The summed E-state index contributed by atoms with van der Waals surface area (Å²) in [6.07, 6.45) is 0. The lowest BCUT2D eigenvalue weighted by Crippen LogP contribution is -2.08. The van der Waals surface area contributed by atoms with Crippen molar-refractivity contribution in [3.8, 4) is 0 Å². The highest BCUT2D eigenvalue weighted by Gasteiger charge is 2.02. The van der Waals surface area contributed by atoms with Gasteiger partial charge in [-0.15, -0.1) is 0 Å². The molecule has 0 saturated carbocycles. The van der Waals surface area contributed by atoms with E-state index in [0.29, 0.717) is 32.0 Å². The Hall–Kier alpha value is -0.490. The Kier molecular flexibility index (Phi) is 7.35. The molecule has 0 saturated heterocycles. The molecular weight excluding hydrogens is 291 g/mol. The zero-order chi connectivity index (χ0) is 12.5. The van der Waals surface area contributed by atoms with Crippen molar-refractivity contribution in [3.05, 3.63) is 34.1 Å². The third kappa shape index (κ3) is 6.12. The predicted octanol–water partition coefficient (Wildman–Crippen LogP) is 2.77. The van der Waals surface area contributed by atoms with Gasteiger partial charge >= 0.3 is 0 Å². The minimum Gasteiger partial charge on any atom is -0.382 e. The molecule has 0 fully saturated rings. The van der Waals surface area contributed by atoms with Gasteiger partial charge in [0.05, 0.1) is 33.0 Å². The van der Waals surface area contributed by atoms with Crippen molar-refractivity contribution in [3.63, 3.8) is 0 Å². The van der Waals surface area contributed by atoms with Gasteiger partial charge in [0.25, 0.3) is 0 Å². The Morgan fingerprint density at radius 2 is 1.82 bits per heavy atom. The van der Waals surface area contributed by atoms with Gasteiger partial charge in [-0.05, 0) is 12.1 Å². The first-order chi connectivity index (χ1) is 8.24. The summed E-state index contributed by atoms with van der Waals surface area (Å²) in [5.41, 5.74) is 0.546. The van der Waals surface area contributed by atoms with Gasteiger partial charge in [-0.3, -0.25) is 0 Å². The Balaban J connectivity index is 2.14. The van der Waals surface area contributed by atoms with E-state index in [4.69, 9.17) is 14.2 Å². The van der Waals surface area contributed by atoms with Crippen molar-refractivity contribution in [2.75, 3.05) is 33.5 Å². The largest absolute Gasteiger partial charge is 0.382 e. The lowest BCUT2D eigenvalue weighted by Gasteiger charge is -2.06. The van der Waals surface area contributed by atoms with Crippen LogP contribution in [0.1, 0.15) is 5.56 Å². The molecule has 0 aromatic heterocycles. The monoisotopic (exact) mass is 306 g/mol. The van der Waals surface area contributed by atoms with Gasteiger partial charge in [0.1, 0.15) is 5.82 Å². The topological polar surface area (TPSA) is 27.7 Å². The third-order valence-corrected chi connectivity index (χ3v) is 2.57. The molecule has 0 heterocycles. The number of hydrogen-bond acceptors (Lipinski definition) is 3. The van der Waals surface area contributed by atoms with E-state index < -0.39 is 0 Å². The van der Waals surface area contributed by atoms with E-state index in [1.54, 1.807) is 19.2 Å². The van der Waals surface area contributed by atoms with Crippen LogP contribution in [0.3, 0.4) is 0 Å². The van der Waals surface area contributed by atoms with Crippen LogP contribution in [-0.4, -0.2) is 33.5 Å². The Bertz CT molecular complexity index is 334. The molecule has 1 rings (SSSR count). The molecule has 17 heavy (non-hydrogen) atoms. The first-order valence-corrected chi connectivity index (χ1v) is 6.11. The number of methoxy groups -OCH3 is 1. The Labute approximate surface area is 109 Å². The molecule has 1 aromatic carbocycles. The number of ether oxygens (including phenoxy) is 3. The first-order valence-electron chi connectivity index (χ1n) is 5.32. The molecule has 0 unspecified atom stereocenters. The van der Waals surface area contributed by atoms with Crippen molar-refractivity contribution in [1.29, 1.82) is 0 Å². The summed E-state index contributed by atoms with van der Waals surface area (Å²) in [7, 11) is 1.62. The van der Waals surface area contributed by atoms with E-state index in [1.807, 2.05) is 0 Å². The molecule has 0 aliphatic heterocycles. The summed E-state index contributed by atoms with van der Waals surface area (Å²) in [4.78, 5) is 0. The normalized spacial score (nSPS) is 10.8. The second-order valence-electron chi connectivity index (χ2n) is 3.39. The summed E-state index contributed by atoms with van der Waals surface area (Å²) < 4.78 is 29.4. The SMILES string of the molecule is COCCOCCOCc1ccc(Br)cc1F. The smallest absolute Gasteiger partial charge is 0.129 e. The van der Waals surface area contributed by atoms with Gasteiger partial charge in [-0.2, -0.15) is 0 Å². The summed E-state index contributed by atoms with van der Waals surface area (Å²) in [5, 5.41) is 0. The molecule has 96 valence electrons. The predicted molar refractivity (Wildman–Crippen MR) is 66.5 cm³/mol. The van der Waals surface area contributed by atoms with Crippen LogP contribution in [0, 0.1) is 5.82 Å². The lowest BCUT2D eigenvalue weighted by atomic mass is 10.2. The average Bonchev–Trinajstić information content (AvgIpc) is 2.30. The molecule has 0 aliphatic carbocycles. The maximum Gasteiger partial charge on any atom is 0.129 e. The fraction of sp³-hybridized carbons (Fsp3) is 0.500. The maximum absolute atomic E-state index is 13.4. The maximum atomic E-state index is 13.4. The van der Waals surface area contributed by atoms with Gasteiger partial charge in [0, 0.05) is 17.1 Å². The summed E-state index contributed by atoms with van der Waals surface area (Å²) in [6.45, 7) is 2.31. The molecule has 1 aromatic rings. The van der Waals surface area contributed by atoms with Gasteiger partial charge in [-0.1, -0.05) is 22.0 Å². The summed E-state index contributed by atoms with van der Waals surface area (Å²) >= 11 is 3.20. The van der Waals surface area contributed by atoms with Crippen LogP contribution in [-0.2, 0) is 20.8 Å². The van der Waals surface area contributed by atoms with Gasteiger partial charge in [-0.25, -0.2) is 4.39 Å². The molecule has 0 spiro atoms. The lowest BCUT2D eigenvalue weighted by molar-refractivity contribution is 0.0194. The van der Waals surface area contributed by atoms with Crippen LogP contribution in [0.2, 0.25) is 0 Å². The molecule has 3 nitrogen and oxygen atoms in total. The van der Waals surface area contributed by atoms with Crippen LogP contribution in [0.15, 0.2) is 22.7 Å². The Morgan fingerprint density at radius 3 is 2.53 bits per heavy atom. The quantitative estimate of drug-likeness (QED) is 0.691. The highest BCUT2D eigenvalue weighted by Crippen LogP contribution is 2.15. The minimum absolute atomic E-state index is 0.257. The summed E-state index contributed by atoms with van der Waals surface area (Å²) in [6, 6.07) is 4.91. The zero-order valence-corrected chi connectivity index (χ0v) is 11.3. The van der Waals surface area contributed by atoms with Gasteiger partial charge < -0.3 is 14.2 Å². The van der Waals surface area contributed by atoms with E-state index in [1.165, 1.54) is 6.07 Å². The van der Waals surface area contributed by atoms with Gasteiger partial charge in [0.2, 0.25) is 0 Å². The van der Waals surface area contributed by atoms with Crippen molar-refractivity contribution in [2.24, 2.45) is 0 Å². The molecule has 0 amide bonds. The minimum atomic E-state index is -0.264. The van der Waals surface area contributed by atoms with Crippen LogP contribution >= 0.6 is 15.9 Å². The van der Waals surface area contributed by atoms with Crippen molar-refractivity contribution < 1.29 is 18.6 Å². The number of rotatable bonds is 8. The molecule has 0 bridgehead atoms. The Morgan fingerprint density at radius 1 is 1.12 bits per heavy atom. The van der Waals surface area contributed by atoms with Crippen LogP contribution in [0.5, 0.6) is 0 Å². The van der Waals surface area contributed by atoms with Crippen LogP contribution in [0.25, 0.3) is 0 Å². The fourth-order valence-corrected chi connectivity index (χ4v) is 1.52. The number of halogens is 2. The van der Waals surface area contributed by atoms with Crippen LogP contribution < -0.4 is 0 Å². The van der Waals surface area contributed by atoms with Gasteiger partial charge in [0.15, 0.2) is 0 Å². The standard InChI is InChI=1S/C12H16BrFO3/c1-15-4-5-16-6-7-17-9-10-2-3-11(13)8-12(10)14/h2-3,8H,4-7,9H2,1H3. The van der Waals surface area contributed by atoms with Crippen molar-refractivity contribution in [2.45, 2.75) is 6.61 Å². The van der Waals surface area contributed by atoms with Crippen LogP contribution in [0.4, 0.5) is 4.39 Å². The van der Waals surface area contributed by atoms with E-state index in [0.717, 1.165) is 4.47 Å². The second-order valence-corrected chi connectivity index (χ2v) is 4.31. The van der Waals surface area contributed by atoms with Crippen molar-refractivity contribution >= 4 is 15.9 Å². The number of benzene rings is 1. The molecule has 5 heteroatoms. The molecular formula is C12H16BrFO3. The molecule has 0 atom stereocenters. The van der Waals surface area contributed by atoms with Crippen molar-refractivity contribution in [1.82, 2.24) is 0 Å². The van der Waals surface area contributed by atoms with E-state index in [2.05, 4.69) is 15.9 Å². The fourth-order valence-electron chi connectivity index (χ4n) is 1.18. The first kappa shape index (κ1) is 14.6. The average molecular weight is 307 g/mol. The third-order valence-electron chi connectivity index (χ3n) is 2.08. The summed E-state index contributed by atoms with van der Waals surface area (Å²) in [5.74, 6) is -0.264. The van der Waals surface area contributed by atoms with E-state index in [9.17, 15) is 4.39 Å². The molecule has 0 radical (unpaired) electrons. The number of hydrogen-bond donors (Lipinski definition) is 0. The van der Waals surface area contributed by atoms with E-state index >= 15 is 0 Å². The highest BCUT2D eigenvalue weighted by atomic mass is 79.9. The molecule has 0 N–H and O–H groups in total. The highest BCUT2D eigenvalue weighted by molar-refractivity contribution is 9.10.